The van der Waals surface area contributed by atoms with E-state index in [1.54, 1.807) is 24.3 Å². The van der Waals surface area contributed by atoms with E-state index in [4.69, 9.17) is 0 Å². The number of nitrogens with one attached hydrogen (secondary N) is 2. The molecule has 0 bridgehead atoms. The molecule has 6 nitrogen and oxygen atoms in total. The van der Waals surface area contributed by atoms with Gasteiger partial charge in [-0.05, 0) is 57.2 Å². The van der Waals surface area contributed by atoms with Gasteiger partial charge in [0.15, 0.2) is 10.9 Å². The first-order valence-electron chi connectivity index (χ1n) is 9.07. The van der Waals surface area contributed by atoms with Crippen molar-refractivity contribution in [1.29, 1.82) is 0 Å². The Morgan fingerprint density at radius 1 is 1.07 bits per heavy atom. The first kappa shape index (κ1) is 19.8. The molecule has 3 rings (SSSR count). The molecule has 0 saturated heterocycles. The first-order chi connectivity index (χ1) is 13.5. The minimum Gasteiger partial charge on any atom is -0.370 e. The van der Waals surface area contributed by atoms with Gasteiger partial charge in [0.1, 0.15) is 5.82 Å². The van der Waals surface area contributed by atoms with Crippen molar-refractivity contribution < 1.29 is 9.59 Å². The molecule has 7 heteroatoms. The van der Waals surface area contributed by atoms with E-state index in [9.17, 15) is 9.59 Å². The number of hydrogen-bond donors (Lipinski definition) is 2. The number of fused-ring (bicyclic) bond motifs is 1. The van der Waals surface area contributed by atoms with Crippen LogP contribution in [0.2, 0.25) is 0 Å². The molecular weight excluding hydrogens is 372 g/mol. The Morgan fingerprint density at radius 3 is 2.46 bits per heavy atom. The summed E-state index contributed by atoms with van der Waals surface area (Å²) in [6, 6.07) is 14.6. The molecule has 2 N–H and O–H groups in total. The summed E-state index contributed by atoms with van der Waals surface area (Å²) in [6.07, 6.45) is 0. The lowest BCUT2D eigenvalue weighted by atomic mass is 10.1. The second kappa shape index (κ2) is 8.84. The van der Waals surface area contributed by atoms with E-state index < -0.39 is 0 Å². The van der Waals surface area contributed by atoms with Gasteiger partial charge < -0.3 is 10.6 Å². The number of benzene rings is 2. The van der Waals surface area contributed by atoms with Gasteiger partial charge in [0.25, 0.3) is 0 Å². The van der Waals surface area contributed by atoms with Crippen LogP contribution in [0.3, 0.4) is 0 Å². The fourth-order valence-electron chi connectivity index (χ4n) is 2.65. The second-order valence-corrected chi connectivity index (χ2v) is 7.59. The number of aromatic nitrogens is 2. The molecule has 1 atom stereocenters. The Morgan fingerprint density at radius 2 is 1.79 bits per heavy atom. The number of carbonyl (C=O) groups is 2. The largest absolute Gasteiger partial charge is 0.370 e. The van der Waals surface area contributed by atoms with Gasteiger partial charge in [-0.2, -0.15) is 0 Å². The fraction of sp³-hybridized carbons (Fsp3) is 0.238. The molecule has 0 spiro atoms. The predicted octanol–water partition coefficient (Wildman–Crippen LogP) is 4.38. The summed E-state index contributed by atoms with van der Waals surface area (Å²) in [7, 11) is 0. The van der Waals surface area contributed by atoms with Gasteiger partial charge in [-0.3, -0.25) is 9.59 Å². The van der Waals surface area contributed by atoms with Gasteiger partial charge in [0, 0.05) is 23.2 Å². The van der Waals surface area contributed by atoms with Crippen LogP contribution in [0.25, 0.3) is 10.9 Å². The van der Waals surface area contributed by atoms with Crippen molar-refractivity contribution in [3.63, 3.8) is 0 Å². The van der Waals surface area contributed by atoms with Crippen LogP contribution >= 0.6 is 11.8 Å². The van der Waals surface area contributed by atoms with Crippen molar-refractivity contribution in [2.45, 2.75) is 31.2 Å². The lowest BCUT2D eigenvalue weighted by molar-refractivity contribution is -0.115. The average Bonchev–Trinajstić information content (AvgIpc) is 2.68. The van der Waals surface area contributed by atoms with Gasteiger partial charge in [-0.25, -0.2) is 9.97 Å². The molecule has 1 amide bonds. The minimum atomic E-state index is -0.386. The number of ketones is 1. The van der Waals surface area contributed by atoms with Gasteiger partial charge in [-0.15, -0.1) is 0 Å². The summed E-state index contributed by atoms with van der Waals surface area (Å²) < 4.78 is 0. The molecule has 3 aromatic rings. The lowest BCUT2D eigenvalue weighted by Crippen LogP contribution is -2.22. The smallest absolute Gasteiger partial charge is 0.237 e. The van der Waals surface area contributed by atoms with Crippen LogP contribution in [0.1, 0.15) is 31.1 Å². The third kappa shape index (κ3) is 4.67. The lowest BCUT2D eigenvalue weighted by Gasteiger charge is -2.13. The van der Waals surface area contributed by atoms with Crippen LogP contribution in [-0.2, 0) is 4.79 Å². The van der Waals surface area contributed by atoms with Crippen molar-refractivity contribution in [1.82, 2.24) is 9.97 Å². The number of thioether (sulfide) groups is 1. The van der Waals surface area contributed by atoms with Crippen molar-refractivity contribution >= 4 is 45.9 Å². The topological polar surface area (TPSA) is 84.0 Å². The van der Waals surface area contributed by atoms with Crippen LogP contribution in [0.15, 0.2) is 53.7 Å². The van der Waals surface area contributed by atoms with Gasteiger partial charge in [0.05, 0.1) is 10.8 Å². The fourth-order valence-corrected chi connectivity index (χ4v) is 3.43. The number of para-hydroxylation sites is 1. The highest BCUT2D eigenvalue weighted by Crippen LogP contribution is 2.27. The third-order valence-corrected chi connectivity index (χ3v) is 5.10. The highest BCUT2D eigenvalue weighted by Gasteiger charge is 2.18. The molecule has 0 radical (unpaired) electrons. The molecule has 28 heavy (non-hydrogen) atoms. The molecular formula is C21H22N4O2S. The maximum absolute atomic E-state index is 12.5. The Bertz CT molecular complexity index is 1000. The molecule has 2 aromatic carbocycles. The minimum absolute atomic E-state index is 0.00764. The molecule has 0 aliphatic rings. The Kier molecular flexibility index (Phi) is 6.26. The van der Waals surface area contributed by atoms with Crippen LogP contribution in [0.5, 0.6) is 0 Å². The van der Waals surface area contributed by atoms with E-state index in [0.717, 1.165) is 23.3 Å². The summed E-state index contributed by atoms with van der Waals surface area (Å²) in [5.41, 5.74) is 2.10. The van der Waals surface area contributed by atoms with Gasteiger partial charge in [-0.1, -0.05) is 23.9 Å². The molecule has 1 unspecified atom stereocenters. The van der Waals surface area contributed by atoms with Crippen molar-refractivity contribution in [2.24, 2.45) is 0 Å². The SMILES string of the molecule is CCNc1nc(SC(C)C(=O)Nc2ccc(C(C)=O)cc2)nc2ccccc12. The number of nitrogens with zero attached hydrogens (tertiary/aromatic N) is 2. The van der Waals surface area contributed by atoms with Crippen molar-refractivity contribution in [3.8, 4) is 0 Å². The van der Waals surface area contributed by atoms with E-state index in [1.807, 2.05) is 38.1 Å². The highest BCUT2D eigenvalue weighted by molar-refractivity contribution is 8.00. The van der Waals surface area contributed by atoms with Gasteiger partial charge >= 0.3 is 0 Å². The van der Waals surface area contributed by atoms with E-state index in [0.29, 0.717) is 16.4 Å². The number of carbonyl (C=O) groups excluding carboxylic acids is 2. The normalized spacial score (nSPS) is 11.8. The standard InChI is InChI=1S/C21H22N4O2S/c1-4-22-19-17-7-5-6-8-18(17)24-21(25-19)28-14(3)20(27)23-16-11-9-15(10-12-16)13(2)26/h5-12,14H,4H2,1-3H3,(H,23,27)(H,22,24,25). The number of rotatable bonds is 7. The number of hydrogen-bond acceptors (Lipinski definition) is 6. The van der Waals surface area contributed by atoms with Crippen LogP contribution in [0.4, 0.5) is 11.5 Å². The number of anilines is 2. The highest BCUT2D eigenvalue weighted by atomic mass is 32.2. The Hall–Kier alpha value is -2.93. The monoisotopic (exact) mass is 394 g/mol. The molecule has 1 aromatic heterocycles. The second-order valence-electron chi connectivity index (χ2n) is 6.29. The van der Waals surface area contributed by atoms with E-state index in [2.05, 4.69) is 20.6 Å². The van der Waals surface area contributed by atoms with Crippen LogP contribution in [0, 0.1) is 0 Å². The quantitative estimate of drug-likeness (QED) is 0.351. The van der Waals surface area contributed by atoms with E-state index in [-0.39, 0.29) is 16.9 Å². The molecule has 0 fully saturated rings. The molecule has 0 aliphatic heterocycles. The zero-order valence-electron chi connectivity index (χ0n) is 16.0. The summed E-state index contributed by atoms with van der Waals surface area (Å²) in [5, 5.41) is 7.23. The zero-order chi connectivity index (χ0) is 20.1. The molecule has 1 heterocycles. The average molecular weight is 395 g/mol. The molecule has 0 aliphatic carbocycles. The Balaban J connectivity index is 1.73. The number of amides is 1. The number of Topliss-reactive ketones (excluding diaryl/α,β-unsaturated/α-hetero) is 1. The zero-order valence-corrected chi connectivity index (χ0v) is 16.8. The first-order valence-corrected chi connectivity index (χ1v) is 9.95. The third-order valence-electron chi connectivity index (χ3n) is 4.14. The van der Waals surface area contributed by atoms with Crippen LogP contribution in [-0.4, -0.2) is 33.5 Å². The molecule has 0 saturated carbocycles. The molecule has 144 valence electrons. The maximum Gasteiger partial charge on any atom is 0.237 e. The summed E-state index contributed by atoms with van der Waals surface area (Å²) >= 11 is 1.31. The maximum atomic E-state index is 12.5. The predicted molar refractivity (Wildman–Crippen MR) is 114 cm³/mol. The van der Waals surface area contributed by atoms with Crippen LogP contribution < -0.4 is 10.6 Å². The van der Waals surface area contributed by atoms with Gasteiger partial charge in [0.2, 0.25) is 5.91 Å². The van der Waals surface area contributed by atoms with E-state index in [1.165, 1.54) is 18.7 Å². The Labute approximate surface area is 168 Å². The summed E-state index contributed by atoms with van der Waals surface area (Å²) in [6.45, 7) is 6.08. The van der Waals surface area contributed by atoms with Crippen molar-refractivity contribution in [2.75, 3.05) is 17.2 Å². The van der Waals surface area contributed by atoms with E-state index >= 15 is 0 Å². The summed E-state index contributed by atoms with van der Waals surface area (Å²) in [4.78, 5) is 33.0. The summed E-state index contributed by atoms with van der Waals surface area (Å²) in [5.74, 6) is 0.608. The van der Waals surface area contributed by atoms with Crippen molar-refractivity contribution in [3.05, 3.63) is 54.1 Å².